The molecule has 3 nitrogen and oxygen atoms in total. The Kier molecular flexibility index (Phi) is 9.18. The Morgan fingerprint density at radius 2 is 1.80 bits per heavy atom. The lowest BCUT2D eigenvalue weighted by atomic mass is 10.1. The highest BCUT2D eigenvalue weighted by Gasteiger charge is 2.02. The van der Waals surface area contributed by atoms with E-state index in [-0.39, 0.29) is 0 Å². The van der Waals surface area contributed by atoms with Crippen LogP contribution < -0.4 is 0 Å². The second kappa shape index (κ2) is 9.71. The number of carboxylic acid groups (broad SMARTS) is 1. The smallest absolute Gasteiger partial charge is 0.330 e. The zero-order valence-corrected chi connectivity index (χ0v) is 9.63. The Balaban J connectivity index is 3.11. The van der Waals surface area contributed by atoms with Gasteiger partial charge >= 0.3 is 5.97 Å². The third-order valence-corrected chi connectivity index (χ3v) is 2.27. The van der Waals surface area contributed by atoms with Crippen molar-refractivity contribution in [3.05, 3.63) is 12.2 Å². The highest BCUT2D eigenvalue weighted by Crippen LogP contribution is 2.09. The van der Waals surface area contributed by atoms with Crippen LogP contribution in [0.1, 0.15) is 45.4 Å². The number of carbonyl (C=O) groups is 1. The molecular weight excluding hydrogens is 192 g/mol. The molecule has 0 aliphatic heterocycles. The molecule has 88 valence electrons. The molecule has 1 N–H and O–H groups in total. The van der Waals surface area contributed by atoms with Gasteiger partial charge in [0.1, 0.15) is 0 Å². The van der Waals surface area contributed by atoms with Crippen molar-refractivity contribution in [2.45, 2.75) is 45.4 Å². The summed E-state index contributed by atoms with van der Waals surface area (Å²) >= 11 is 0. The number of unbranched alkanes of at least 4 members (excludes halogenated alkanes) is 4. The van der Waals surface area contributed by atoms with Gasteiger partial charge < -0.3 is 9.84 Å². The van der Waals surface area contributed by atoms with E-state index >= 15 is 0 Å². The van der Waals surface area contributed by atoms with Gasteiger partial charge in [-0.25, -0.2) is 4.79 Å². The summed E-state index contributed by atoms with van der Waals surface area (Å²) in [5, 5.41) is 8.57. The molecule has 0 unspecified atom stereocenters. The lowest BCUT2D eigenvalue weighted by molar-refractivity contribution is -0.132. The second-order valence-electron chi connectivity index (χ2n) is 3.62. The number of carboxylic acids is 1. The maximum Gasteiger partial charge on any atom is 0.330 e. The van der Waals surface area contributed by atoms with Gasteiger partial charge in [0.05, 0.1) is 0 Å². The van der Waals surface area contributed by atoms with Crippen LogP contribution in [0.4, 0.5) is 0 Å². The second-order valence-corrected chi connectivity index (χ2v) is 3.62. The number of ether oxygens (including phenoxy) is 1. The van der Waals surface area contributed by atoms with Gasteiger partial charge in [-0.3, -0.25) is 0 Å². The minimum atomic E-state index is -0.869. The van der Waals surface area contributed by atoms with Crippen molar-refractivity contribution in [2.75, 3.05) is 13.2 Å². The van der Waals surface area contributed by atoms with E-state index in [1.807, 2.05) is 6.92 Å². The third kappa shape index (κ3) is 9.47. The van der Waals surface area contributed by atoms with Crippen LogP contribution >= 0.6 is 0 Å². The maximum atomic E-state index is 10.4. The minimum Gasteiger partial charge on any atom is -0.478 e. The molecule has 0 aliphatic rings. The summed E-state index contributed by atoms with van der Waals surface area (Å²) in [4.78, 5) is 10.4. The Morgan fingerprint density at radius 1 is 1.20 bits per heavy atom. The predicted molar refractivity (Wildman–Crippen MR) is 61.0 cm³/mol. The molecule has 0 aliphatic carbocycles. The minimum absolute atomic E-state index is 0.323. The van der Waals surface area contributed by atoms with Crippen molar-refractivity contribution < 1.29 is 14.6 Å². The largest absolute Gasteiger partial charge is 0.478 e. The van der Waals surface area contributed by atoms with Crippen molar-refractivity contribution in [3.8, 4) is 0 Å². The Bertz CT molecular complexity index is 187. The monoisotopic (exact) mass is 214 g/mol. The Hall–Kier alpha value is -0.830. The molecule has 0 rings (SSSR count). The molecule has 0 saturated carbocycles. The van der Waals surface area contributed by atoms with Crippen molar-refractivity contribution >= 4 is 5.97 Å². The average Bonchev–Trinajstić information content (AvgIpc) is 2.21. The molecule has 0 bridgehead atoms. The summed E-state index contributed by atoms with van der Waals surface area (Å²) in [5.41, 5.74) is 0.323. The summed E-state index contributed by atoms with van der Waals surface area (Å²) in [6.45, 7) is 7.13. The molecule has 0 spiro atoms. The van der Waals surface area contributed by atoms with E-state index in [4.69, 9.17) is 9.84 Å². The van der Waals surface area contributed by atoms with E-state index in [1.165, 1.54) is 6.42 Å². The van der Waals surface area contributed by atoms with E-state index in [9.17, 15) is 4.79 Å². The van der Waals surface area contributed by atoms with Gasteiger partial charge in [-0.1, -0.05) is 25.8 Å². The van der Waals surface area contributed by atoms with Gasteiger partial charge in [0, 0.05) is 18.8 Å². The first-order valence-electron chi connectivity index (χ1n) is 5.67. The molecule has 0 aromatic rings. The maximum absolute atomic E-state index is 10.4. The van der Waals surface area contributed by atoms with Gasteiger partial charge in [0.2, 0.25) is 0 Å². The summed E-state index contributed by atoms with van der Waals surface area (Å²) in [5.74, 6) is -0.869. The average molecular weight is 214 g/mol. The van der Waals surface area contributed by atoms with Crippen LogP contribution in [0.15, 0.2) is 12.2 Å². The topological polar surface area (TPSA) is 46.5 Å². The fourth-order valence-corrected chi connectivity index (χ4v) is 1.32. The summed E-state index contributed by atoms with van der Waals surface area (Å²) < 4.78 is 5.22. The summed E-state index contributed by atoms with van der Waals surface area (Å²) in [7, 11) is 0. The predicted octanol–water partition coefficient (Wildman–Crippen LogP) is 3.00. The fraction of sp³-hybridized carbons (Fsp3) is 0.750. The number of hydrogen-bond donors (Lipinski definition) is 1. The van der Waals surface area contributed by atoms with Crippen LogP contribution in [0.2, 0.25) is 0 Å². The quantitative estimate of drug-likeness (QED) is 0.449. The van der Waals surface area contributed by atoms with E-state index in [2.05, 4.69) is 6.58 Å². The molecule has 0 atom stereocenters. The zero-order valence-electron chi connectivity index (χ0n) is 9.63. The molecule has 0 radical (unpaired) electrons. The van der Waals surface area contributed by atoms with Crippen molar-refractivity contribution in [2.24, 2.45) is 0 Å². The first kappa shape index (κ1) is 14.2. The van der Waals surface area contributed by atoms with Gasteiger partial charge in [-0.15, -0.1) is 0 Å². The number of rotatable bonds is 10. The van der Waals surface area contributed by atoms with Gasteiger partial charge in [-0.05, 0) is 26.2 Å². The van der Waals surface area contributed by atoms with Gasteiger partial charge in [0.15, 0.2) is 0 Å². The lowest BCUT2D eigenvalue weighted by Crippen LogP contribution is -1.98. The molecular formula is C12H22O3. The van der Waals surface area contributed by atoms with Crippen molar-refractivity contribution in [1.82, 2.24) is 0 Å². The zero-order chi connectivity index (χ0) is 11.5. The molecule has 0 aromatic carbocycles. The Morgan fingerprint density at radius 3 is 2.40 bits per heavy atom. The molecule has 0 heterocycles. The van der Waals surface area contributed by atoms with Crippen LogP contribution in [0, 0.1) is 0 Å². The first-order chi connectivity index (χ1) is 7.18. The summed E-state index contributed by atoms with van der Waals surface area (Å²) in [6, 6.07) is 0. The van der Waals surface area contributed by atoms with Crippen molar-refractivity contribution in [1.29, 1.82) is 0 Å². The lowest BCUT2D eigenvalue weighted by Gasteiger charge is -2.02. The molecule has 0 amide bonds. The normalized spacial score (nSPS) is 10.2. The highest BCUT2D eigenvalue weighted by molar-refractivity contribution is 5.85. The summed E-state index contributed by atoms with van der Waals surface area (Å²) in [6.07, 6.45) is 6.05. The van der Waals surface area contributed by atoms with Crippen LogP contribution in [0.25, 0.3) is 0 Å². The number of aliphatic carboxylic acids is 1. The van der Waals surface area contributed by atoms with E-state index < -0.39 is 5.97 Å². The highest BCUT2D eigenvalue weighted by atomic mass is 16.5. The fourth-order valence-electron chi connectivity index (χ4n) is 1.32. The number of hydrogen-bond acceptors (Lipinski definition) is 2. The molecule has 3 heteroatoms. The van der Waals surface area contributed by atoms with Crippen molar-refractivity contribution in [3.63, 3.8) is 0 Å². The van der Waals surface area contributed by atoms with Crippen LogP contribution in [0.5, 0.6) is 0 Å². The SMILES string of the molecule is C=C(CCCCCCCOCC)C(=O)O. The molecule has 0 aromatic heterocycles. The first-order valence-corrected chi connectivity index (χ1v) is 5.67. The van der Waals surface area contributed by atoms with Gasteiger partial charge in [-0.2, -0.15) is 0 Å². The molecule has 0 saturated heterocycles. The van der Waals surface area contributed by atoms with Crippen LogP contribution in [-0.2, 0) is 9.53 Å². The molecule has 15 heavy (non-hydrogen) atoms. The van der Waals surface area contributed by atoms with Crippen LogP contribution in [-0.4, -0.2) is 24.3 Å². The van der Waals surface area contributed by atoms with E-state index in [1.54, 1.807) is 0 Å². The Labute approximate surface area is 92.1 Å². The molecule has 0 fully saturated rings. The third-order valence-electron chi connectivity index (χ3n) is 2.27. The van der Waals surface area contributed by atoms with Crippen LogP contribution in [0.3, 0.4) is 0 Å². The van der Waals surface area contributed by atoms with Gasteiger partial charge in [0.25, 0.3) is 0 Å². The van der Waals surface area contributed by atoms with E-state index in [0.717, 1.165) is 38.9 Å². The standard InChI is InChI=1S/C12H22O3/c1-3-15-10-8-6-4-5-7-9-11(2)12(13)14/h2-10H2,1H3,(H,13,14). The van der Waals surface area contributed by atoms with E-state index in [0.29, 0.717) is 12.0 Å².